The number of nitro benzene ring substituents is 1. The molecule has 1 saturated heterocycles. The van der Waals surface area contributed by atoms with E-state index >= 15 is 0 Å². The Morgan fingerprint density at radius 1 is 1.22 bits per heavy atom. The summed E-state index contributed by atoms with van der Waals surface area (Å²) in [6, 6.07) is 12.0. The van der Waals surface area contributed by atoms with E-state index in [-0.39, 0.29) is 29.6 Å². The zero-order valence-electron chi connectivity index (χ0n) is 20.4. The van der Waals surface area contributed by atoms with Gasteiger partial charge >= 0.3 is 5.69 Å². The summed E-state index contributed by atoms with van der Waals surface area (Å²) in [5, 5.41) is 15.3. The van der Waals surface area contributed by atoms with Gasteiger partial charge in [0, 0.05) is 46.9 Å². The number of para-hydroxylation sites is 1. The van der Waals surface area contributed by atoms with Gasteiger partial charge in [-0.05, 0) is 26.0 Å². The molecule has 0 spiro atoms. The van der Waals surface area contributed by atoms with E-state index in [4.69, 9.17) is 19.2 Å². The fourth-order valence-electron chi connectivity index (χ4n) is 5.30. The lowest BCUT2D eigenvalue weighted by Crippen LogP contribution is -2.35. The Hall–Kier alpha value is -4.09. The van der Waals surface area contributed by atoms with Gasteiger partial charge in [-0.2, -0.15) is 4.39 Å². The van der Waals surface area contributed by atoms with Gasteiger partial charge in [-0.1, -0.05) is 18.2 Å². The van der Waals surface area contributed by atoms with Crippen LogP contribution < -0.4 is 10.1 Å². The molecule has 6 rings (SSSR count). The van der Waals surface area contributed by atoms with Gasteiger partial charge in [-0.3, -0.25) is 10.1 Å². The van der Waals surface area contributed by atoms with Crippen molar-refractivity contribution in [3.63, 3.8) is 0 Å². The molecule has 0 aliphatic carbocycles. The molecule has 10 nitrogen and oxygen atoms in total. The molecule has 4 aromatic rings. The van der Waals surface area contributed by atoms with Gasteiger partial charge in [0.05, 0.1) is 36.1 Å². The molecule has 0 radical (unpaired) electrons. The number of nitro groups is 1. The molecule has 0 bridgehead atoms. The number of halogens is 1. The van der Waals surface area contributed by atoms with Crippen LogP contribution in [0.1, 0.15) is 19.5 Å². The predicted molar refractivity (Wildman–Crippen MR) is 133 cm³/mol. The molecule has 0 saturated carbocycles. The van der Waals surface area contributed by atoms with Crippen LogP contribution in [-0.2, 0) is 22.4 Å². The van der Waals surface area contributed by atoms with Crippen LogP contribution in [-0.4, -0.2) is 44.6 Å². The molecule has 1 fully saturated rings. The molecule has 190 valence electrons. The van der Waals surface area contributed by atoms with Crippen molar-refractivity contribution in [2.45, 2.75) is 44.8 Å². The van der Waals surface area contributed by atoms with Gasteiger partial charge in [0.25, 0.3) is 0 Å². The summed E-state index contributed by atoms with van der Waals surface area (Å²) < 4.78 is 33.9. The number of methoxy groups -OCH3 is 1. The van der Waals surface area contributed by atoms with Crippen molar-refractivity contribution < 1.29 is 23.5 Å². The van der Waals surface area contributed by atoms with E-state index in [1.165, 1.54) is 7.11 Å². The van der Waals surface area contributed by atoms with Crippen molar-refractivity contribution in [3.05, 3.63) is 70.3 Å². The van der Waals surface area contributed by atoms with Crippen LogP contribution >= 0.6 is 0 Å². The van der Waals surface area contributed by atoms with Crippen molar-refractivity contribution in [2.75, 3.05) is 12.4 Å². The predicted octanol–water partition coefficient (Wildman–Crippen LogP) is 4.97. The van der Waals surface area contributed by atoms with Gasteiger partial charge in [0.1, 0.15) is 11.9 Å². The Labute approximate surface area is 211 Å². The van der Waals surface area contributed by atoms with Gasteiger partial charge < -0.3 is 24.1 Å². The molecule has 37 heavy (non-hydrogen) atoms. The highest BCUT2D eigenvalue weighted by Gasteiger charge is 2.45. The minimum absolute atomic E-state index is 0.0458. The number of rotatable bonds is 5. The largest absolute Gasteiger partial charge is 0.494 e. The second-order valence-corrected chi connectivity index (χ2v) is 9.52. The van der Waals surface area contributed by atoms with E-state index in [2.05, 4.69) is 27.0 Å². The number of nitrogens with zero attached hydrogens (tertiary/aromatic N) is 4. The summed E-state index contributed by atoms with van der Waals surface area (Å²) >= 11 is 0. The molecule has 11 heteroatoms. The second kappa shape index (κ2) is 8.49. The third-order valence-corrected chi connectivity index (χ3v) is 6.74. The van der Waals surface area contributed by atoms with Crippen LogP contribution in [0.5, 0.6) is 5.75 Å². The van der Waals surface area contributed by atoms with Crippen molar-refractivity contribution in [1.82, 2.24) is 14.5 Å². The zero-order valence-corrected chi connectivity index (χ0v) is 20.4. The van der Waals surface area contributed by atoms with E-state index in [0.29, 0.717) is 18.7 Å². The topological polar surface area (TPSA) is 114 Å². The van der Waals surface area contributed by atoms with E-state index in [1.807, 2.05) is 32.0 Å². The Bertz CT molecular complexity index is 1550. The van der Waals surface area contributed by atoms with E-state index in [9.17, 15) is 14.5 Å². The van der Waals surface area contributed by atoms with Crippen molar-refractivity contribution in [2.24, 2.45) is 0 Å². The lowest BCUT2D eigenvalue weighted by Gasteiger charge is -2.26. The molecular weight excluding hydrogens is 481 g/mol. The molecule has 2 atom stereocenters. The van der Waals surface area contributed by atoms with E-state index in [0.717, 1.165) is 34.3 Å². The summed E-state index contributed by atoms with van der Waals surface area (Å²) in [6.07, 6.45) is 2.14. The maximum absolute atomic E-state index is 14.1. The lowest BCUT2D eigenvalue weighted by atomic mass is 9.99. The molecule has 2 aliphatic rings. The first-order chi connectivity index (χ1) is 17.7. The average Bonchev–Trinajstić information content (AvgIpc) is 3.34. The number of anilines is 2. The summed E-state index contributed by atoms with van der Waals surface area (Å²) in [5.74, 6) is -1.35. The van der Waals surface area contributed by atoms with Gasteiger partial charge in [0.2, 0.25) is 11.8 Å². The normalized spacial score (nSPS) is 19.9. The van der Waals surface area contributed by atoms with Crippen molar-refractivity contribution in [3.8, 4) is 17.0 Å². The van der Waals surface area contributed by atoms with Crippen molar-refractivity contribution in [1.29, 1.82) is 0 Å². The third kappa shape index (κ3) is 3.96. The van der Waals surface area contributed by atoms with Crippen LogP contribution in [0, 0.1) is 15.9 Å². The Balaban J connectivity index is 1.43. The number of ether oxygens (including phenoxy) is 3. The first-order valence-electron chi connectivity index (χ1n) is 11.8. The molecule has 0 amide bonds. The quantitative estimate of drug-likeness (QED) is 0.299. The molecule has 2 aromatic heterocycles. The van der Waals surface area contributed by atoms with Crippen molar-refractivity contribution >= 4 is 28.2 Å². The monoisotopic (exact) mass is 505 g/mol. The van der Waals surface area contributed by atoms with Gasteiger partial charge in [-0.15, -0.1) is 0 Å². The standard InChI is InChI=1S/C26H24FN5O5/c1-26(2)36-22-12-20-24(14-6-4-5-7-18(14)31(20)13-23(22)37-26)16-8-9-28-25(29-16)30-17-11-19(32(33)34)15(27)10-21(17)35-3/h4-11,22-23H,12-13H2,1-3H3,(H,28,29,30)/t22-,23+/m1/s1. The minimum atomic E-state index is -0.992. The summed E-state index contributed by atoms with van der Waals surface area (Å²) in [5.41, 5.74) is 3.30. The highest BCUT2D eigenvalue weighted by molar-refractivity contribution is 5.97. The number of benzene rings is 2. The molecule has 1 N–H and O–H groups in total. The Kier molecular flexibility index (Phi) is 5.35. The third-order valence-electron chi connectivity index (χ3n) is 6.74. The maximum Gasteiger partial charge on any atom is 0.307 e. The van der Waals surface area contributed by atoms with Gasteiger partial charge in [-0.25, -0.2) is 9.97 Å². The lowest BCUT2D eigenvalue weighted by molar-refractivity contribution is -0.387. The number of hydrogen-bond acceptors (Lipinski definition) is 8. The number of nitrogens with one attached hydrogen (secondary N) is 1. The van der Waals surface area contributed by atoms with E-state index < -0.39 is 22.2 Å². The Morgan fingerprint density at radius 2 is 2.00 bits per heavy atom. The first kappa shape index (κ1) is 23.3. The molecular formula is C26H24FN5O5. The highest BCUT2D eigenvalue weighted by Crippen LogP contribution is 2.42. The smallest absolute Gasteiger partial charge is 0.307 e. The summed E-state index contributed by atoms with van der Waals surface area (Å²) in [4.78, 5) is 19.5. The first-order valence-corrected chi connectivity index (χ1v) is 11.8. The zero-order chi connectivity index (χ0) is 25.9. The number of hydrogen-bond donors (Lipinski definition) is 1. The minimum Gasteiger partial charge on any atom is -0.494 e. The van der Waals surface area contributed by atoms with Gasteiger partial charge in [0.15, 0.2) is 5.79 Å². The highest BCUT2D eigenvalue weighted by atomic mass is 19.1. The van der Waals surface area contributed by atoms with Crippen LogP contribution in [0.4, 0.5) is 21.7 Å². The average molecular weight is 506 g/mol. The molecule has 2 aromatic carbocycles. The SMILES string of the molecule is COc1cc(F)c([N+](=O)[O-])cc1Nc1nccc(-c2c3n(c4ccccc24)C[C@@H]2OC(C)(C)O[C@@H]2C3)n1. The fourth-order valence-corrected chi connectivity index (χ4v) is 5.30. The van der Waals surface area contributed by atoms with Crippen LogP contribution in [0.15, 0.2) is 48.7 Å². The van der Waals surface area contributed by atoms with Crippen LogP contribution in [0.25, 0.3) is 22.2 Å². The van der Waals surface area contributed by atoms with E-state index in [1.54, 1.807) is 6.20 Å². The van der Waals surface area contributed by atoms with Crippen LogP contribution in [0.2, 0.25) is 0 Å². The summed E-state index contributed by atoms with van der Waals surface area (Å²) in [6.45, 7) is 4.52. The maximum atomic E-state index is 14.1. The van der Waals surface area contributed by atoms with Crippen LogP contribution in [0.3, 0.4) is 0 Å². The number of aromatic nitrogens is 3. The second-order valence-electron chi connectivity index (χ2n) is 9.52. The molecule has 0 unspecified atom stereocenters. The molecule has 2 aliphatic heterocycles. The molecule has 4 heterocycles. The summed E-state index contributed by atoms with van der Waals surface area (Å²) in [7, 11) is 1.35. The Morgan fingerprint density at radius 3 is 2.78 bits per heavy atom. The number of fused-ring (bicyclic) bond motifs is 4. The fraction of sp³-hybridized carbons (Fsp3) is 0.308.